The summed E-state index contributed by atoms with van der Waals surface area (Å²) < 4.78 is 5.25. The van der Waals surface area contributed by atoms with E-state index in [0.29, 0.717) is 6.61 Å². The quantitative estimate of drug-likeness (QED) is 0.732. The molecule has 90 valence electrons. The average molecular weight is 237 g/mol. The molecule has 1 aromatic heterocycles. The summed E-state index contributed by atoms with van der Waals surface area (Å²) in [5.41, 5.74) is 4.83. The highest BCUT2D eigenvalue weighted by Gasteiger charge is 2.05. The van der Waals surface area contributed by atoms with Crippen LogP contribution in [0.2, 0.25) is 0 Å². The van der Waals surface area contributed by atoms with E-state index in [1.165, 1.54) is 27.6 Å². The fourth-order valence-electron chi connectivity index (χ4n) is 2.30. The van der Waals surface area contributed by atoms with Crippen molar-refractivity contribution in [3.05, 3.63) is 60.3 Å². The zero-order valence-corrected chi connectivity index (χ0v) is 10.3. The third-order valence-corrected chi connectivity index (χ3v) is 3.18. The molecule has 0 radical (unpaired) electrons. The maximum absolute atomic E-state index is 5.25. The Morgan fingerprint density at radius 1 is 1.06 bits per heavy atom. The zero-order valence-electron chi connectivity index (χ0n) is 10.3. The highest BCUT2D eigenvalue weighted by molar-refractivity contribution is 5.85. The van der Waals surface area contributed by atoms with Crippen LogP contribution < -0.4 is 0 Å². The lowest BCUT2D eigenvalue weighted by Gasteiger charge is -2.09. The first kappa shape index (κ1) is 11.1. The number of ether oxygens (including phenoxy) is 1. The summed E-state index contributed by atoms with van der Waals surface area (Å²) in [6, 6.07) is 16.9. The van der Waals surface area contributed by atoms with E-state index in [0.717, 1.165) is 0 Å². The van der Waals surface area contributed by atoms with E-state index < -0.39 is 0 Å². The van der Waals surface area contributed by atoms with E-state index in [9.17, 15) is 0 Å². The summed E-state index contributed by atoms with van der Waals surface area (Å²) >= 11 is 0. The van der Waals surface area contributed by atoms with Crippen LogP contribution in [0.3, 0.4) is 0 Å². The third-order valence-electron chi connectivity index (χ3n) is 3.18. The summed E-state index contributed by atoms with van der Waals surface area (Å²) in [4.78, 5) is 3.25. The van der Waals surface area contributed by atoms with E-state index in [1.807, 2.05) is 12.3 Å². The second-order valence-electron chi connectivity index (χ2n) is 4.37. The molecule has 1 heterocycles. The minimum Gasteiger partial charge on any atom is -0.380 e. The highest BCUT2D eigenvalue weighted by Crippen LogP contribution is 2.27. The van der Waals surface area contributed by atoms with Gasteiger partial charge in [-0.15, -0.1) is 0 Å². The summed E-state index contributed by atoms with van der Waals surface area (Å²) in [6.07, 6.45) is 1.97. The topological polar surface area (TPSA) is 25.0 Å². The maximum atomic E-state index is 5.25. The molecule has 0 spiro atoms. The highest BCUT2D eigenvalue weighted by atomic mass is 16.5. The number of aromatic amines is 1. The molecular weight excluding hydrogens is 222 g/mol. The number of benzene rings is 2. The van der Waals surface area contributed by atoms with Crippen molar-refractivity contribution in [2.24, 2.45) is 0 Å². The van der Waals surface area contributed by atoms with Crippen molar-refractivity contribution in [3.8, 4) is 11.1 Å². The Morgan fingerprint density at radius 2 is 1.94 bits per heavy atom. The molecule has 0 amide bonds. The van der Waals surface area contributed by atoms with Gasteiger partial charge in [0.05, 0.1) is 6.61 Å². The predicted molar refractivity (Wildman–Crippen MR) is 74.4 cm³/mol. The van der Waals surface area contributed by atoms with Crippen LogP contribution in [0.4, 0.5) is 0 Å². The van der Waals surface area contributed by atoms with Crippen molar-refractivity contribution in [1.29, 1.82) is 0 Å². The van der Waals surface area contributed by atoms with E-state index in [-0.39, 0.29) is 0 Å². The molecule has 0 aliphatic carbocycles. The minimum atomic E-state index is 0.638. The van der Waals surface area contributed by atoms with Gasteiger partial charge in [-0.1, -0.05) is 36.4 Å². The first-order valence-corrected chi connectivity index (χ1v) is 6.03. The summed E-state index contributed by atoms with van der Waals surface area (Å²) in [5.74, 6) is 0. The predicted octanol–water partition coefficient (Wildman–Crippen LogP) is 3.98. The lowest BCUT2D eigenvalue weighted by atomic mass is 9.99. The number of rotatable bonds is 3. The van der Waals surface area contributed by atoms with Crippen LogP contribution in [0, 0.1) is 0 Å². The van der Waals surface area contributed by atoms with Gasteiger partial charge in [-0.05, 0) is 34.2 Å². The number of nitrogens with one attached hydrogen (secondary N) is 1. The van der Waals surface area contributed by atoms with Crippen molar-refractivity contribution in [2.45, 2.75) is 6.61 Å². The van der Waals surface area contributed by atoms with Crippen molar-refractivity contribution in [2.75, 3.05) is 7.11 Å². The van der Waals surface area contributed by atoms with E-state index in [4.69, 9.17) is 4.74 Å². The number of hydrogen-bond acceptors (Lipinski definition) is 1. The molecule has 0 bridgehead atoms. The Kier molecular flexibility index (Phi) is 2.87. The number of hydrogen-bond donors (Lipinski definition) is 1. The van der Waals surface area contributed by atoms with Crippen molar-refractivity contribution >= 4 is 10.9 Å². The Labute approximate surface area is 106 Å². The Balaban J connectivity index is 2.12. The van der Waals surface area contributed by atoms with Crippen molar-refractivity contribution < 1.29 is 4.74 Å². The summed E-state index contributed by atoms with van der Waals surface area (Å²) in [5, 5.41) is 1.24. The fraction of sp³-hybridized carbons (Fsp3) is 0.125. The smallest absolute Gasteiger partial charge is 0.0719 e. The minimum absolute atomic E-state index is 0.638. The standard InChI is InChI=1S/C16H15NO/c1-18-11-14-4-2-3-5-15(14)13-7-6-12-8-9-17-16(12)10-13/h2-10,17H,11H2,1H3. The zero-order chi connectivity index (χ0) is 12.4. The van der Waals surface area contributed by atoms with Gasteiger partial charge in [0.15, 0.2) is 0 Å². The van der Waals surface area contributed by atoms with Crippen LogP contribution >= 0.6 is 0 Å². The molecule has 0 unspecified atom stereocenters. The number of aromatic nitrogens is 1. The van der Waals surface area contributed by atoms with Gasteiger partial charge in [-0.2, -0.15) is 0 Å². The molecule has 1 N–H and O–H groups in total. The fourth-order valence-corrected chi connectivity index (χ4v) is 2.30. The maximum Gasteiger partial charge on any atom is 0.0719 e. The first-order chi connectivity index (χ1) is 8.88. The molecule has 2 heteroatoms. The van der Waals surface area contributed by atoms with Gasteiger partial charge in [0.2, 0.25) is 0 Å². The third kappa shape index (κ3) is 1.91. The van der Waals surface area contributed by atoms with Crippen LogP contribution in [-0.2, 0) is 11.3 Å². The van der Waals surface area contributed by atoms with Crippen LogP contribution in [0.5, 0.6) is 0 Å². The molecule has 3 rings (SSSR count). The van der Waals surface area contributed by atoms with Gasteiger partial charge in [-0.3, -0.25) is 0 Å². The van der Waals surface area contributed by atoms with Crippen LogP contribution in [0.1, 0.15) is 5.56 Å². The number of H-pyrrole nitrogens is 1. The molecule has 2 nitrogen and oxygen atoms in total. The molecular formula is C16H15NO. The SMILES string of the molecule is COCc1ccccc1-c1ccc2cc[nH]c2c1. The molecule has 0 aliphatic rings. The second-order valence-corrected chi connectivity index (χ2v) is 4.37. The van der Waals surface area contributed by atoms with E-state index >= 15 is 0 Å². The average Bonchev–Trinajstić information content (AvgIpc) is 2.87. The molecule has 0 aliphatic heterocycles. The summed E-state index contributed by atoms with van der Waals surface area (Å²) in [6.45, 7) is 0.638. The molecule has 18 heavy (non-hydrogen) atoms. The van der Waals surface area contributed by atoms with Gasteiger partial charge in [-0.25, -0.2) is 0 Å². The number of methoxy groups -OCH3 is 1. The summed E-state index contributed by atoms with van der Waals surface area (Å²) in [7, 11) is 1.73. The van der Waals surface area contributed by atoms with Gasteiger partial charge in [0.1, 0.15) is 0 Å². The normalized spacial score (nSPS) is 10.9. The van der Waals surface area contributed by atoms with Gasteiger partial charge >= 0.3 is 0 Å². The lowest BCUT2D eigenvalue weighted by Crippen LogP contribution is -1.91. The number of fused-ring (bicyclic) bond motifs is 1. The van der Waals surface area contributed by atoms with E-state index in [1.54, 1.807) is 7.11 Å². The molecule has 3 aromatic rings. The van der Waals surface area contributed by atoms with Gasteiger partial charge in [0.25, 0.3) is 0 Å². The Hall–Kier alpha value is -2.06. The van der Waals surface area contributed by atoms with Crippen molar-refractivity contribution in [3.63, 3.8) is 0 Å². The largest absolute Gasteiger partial charge is 0.380 e. The van der Waals surface area contributed by atoms with Crippen molar-refractivity contribution in [1.82, 2.24) is 4.98 Å². The van der Waals surface area contributed by atoms with Gasteiger partial charge < -0.3 is 9.72 Å². The molecule has 0 atom stereocenters. The second kappa shape index (κ2) is 4.67. The molecule has 0 saturated heterocycles. The Bertz CT molecular complexity index is 669. The molecule has 0 fully saturated rings. The monoisotopic (exact) mass is 237 g/mol. The van der Waals surface area contributed by atoms with Crippen LogP contribution in [-0.4, -0.2) is 12.1 Å². The lowest BCUT2D eigenvalue weighted by molar-refractivity contribution is 0.185. The van der Waals surface area contributed by atoms with Crippen LogP contribution in [0.25, 0.3) is 22.0 Å². The van der Waals surface area contributed by atoms with Crippen LogP contribution in [0.15, 0.2) is 54.7 Å². The molecule has 2 aromatic carbocycles. The molecule has 0 saturated carbocycles. The Morgan fingerprint density at radius 3 is 2.83 bits per heavy atom. The first-order valence-electron chi connectivity index (χ1n) is 6.03. The van der Waals surface area contributed by atoms with E-state index in [2.05, 4.69) is 47.4 Å². The van der Waals surface area contributed by atoms with Gasteiger partial charge in [0, 0.05) is 18.8 Å².